The number of benzene rings is 1. The zero-order chi connectivity index (χ0) is 17.1. The van der Waals surface area contributed by atoms with E-state index in [0.29, 0.717) is 12.4 Å². The van der Waals surface area contributed by atoms with E-state index in [0.717, 1.165) is 48.7 Å². The first-order chi connectivity index (χ1) is 12.3. The summed E-state index contributed by atoms with van der Waals surface area (Å²) < 4.78 is 5.38. The summed E-state index contributed by atoms with van der Waals surface area (Å²) in [6, 6.07) is 7.77. The van der Waals surface area contributed by atoms with Crippen LogP contribution >= 0.6 is 0 Å². The van der Waals surface area contributed by atoms with Gasteiger partial charge in [-0.1, -0.05) is 6.07 Å². The molecule has 0 bridgehead atoms. The van der Waals surface area contributed by atoms with Gasteiger partial charge in [0.25, 0.3) is 0 Å². The largest absolute Gasteiger partial charge is 0.378 e. The smallest absolute Gasteiger partial charge is 0.231 e. The first-order valence-corrected chi connectivity index (χ1v) is 8.50. The maximum absolute atomic E-state index is 12.4. The number of ether oxygens (including phenoxy) is 1. The number of aromatic nitrogens is 1. The van der Waals surface area contributed by atoms with Crippen LogP contribution in [0.4, 0.5) is 5.69 Å². The Morgan fingerprint density at radius 2 is 2.16 bits per heavy atom. The van der Waals surface area contributed by atoms with Crippen LogP contribution < -0.4 is 10.6 Å². The second kappa shape index (κ2) is 6.98. The highest BCUT2D eigenvalue weighted by Crippen LogP contribution is 2.22. The minimum absolute atomic E-state index is 0.0804. The molecule has 7 heteroatoms. The summed E-state index contributed by atoms with van der Waals surface area (Å²) in [4.78, 5) is 22.4. The summed E-state index contributed by atoms with van der Waals surface area (Å²) >= 11 is 0. The van der Waals surface area contributed by atoms with Crippen molar-refractivity contribution in [2.24, 2.45) is 4.99 Å². The van der Waals surface area contributed by atoms with E-state index >= 15 is 0 Å². The molecule has 130 valence electrons. The summed E-state index contributed by atoms with van der Waals surface area (Å²) in [5.74, 6) is 1.54. The molecule has 2 aliphatic heterocycles. The number of aliphatic imine (C=N–C) groups is 1. The highest BCUT2D eigenvalue weighted by molar-refractivity contribution is 6.09. The van der Waals surface area contributed by atoms with Crippen LogP contribution in [0.1, 0.15) is 6.42 Å². The second-order valence-corrected chi connectivity index (χ2v) is 6.07. The van der Waals surface area contributed by atoms with Crippen molar-refractivity contribution >= 4 is 28.3 Å². The predicted molar refractivity (Wildman–Crippen MR) is 97.5 cm³/mol. The topological polar surface area (TPSA) is 81.8 Å². The van der Waals surface area contributed by atoms with Gasteiger partial charge in [-0.05, 0) is 24.3 Å². The van der Waals surface area contributed by atoms with Crippen molar-refractivity contribution in [3.05, 3.63) is 42.4 Å². The van der Waals surface area contributed by atoms with Gasteiger partial charge in [-0.15, -0.1) is 0 Å². The predicted octanol–water partition coefficient (Wildman–Crippen LogP) is 1.67. The van der Waals surface area contributed by atoms with E-state index in [1.54, 1.807) is 0 Å². The second-order valence-electron chi connectivity index (χ2n) is 6.07. The first-order valence-electron chi connectivity index (χ1n) is 8.50. The van der Waals surface area contributed by atoms with Crippen LogP contribution in [-0.4, -0.2) is 54.5 Å². The average molecular weight is 339 g/mol. The van der Waals surface area contributed by atoms with Crippen LogP contribution in [0.2, 0.25) is 0 Å². The summed E-state index contributed by atoms with van der Waals surface area (Å²) in [5.41, 5.74) is 1.81. The van der Waals surface area contributed by atoms with E-state index in [2.05, 4.69) is 25.5 Å². The number of amides is 1. The Morgan fingerprint density at radius 3 is 3.04 bits per heavy atom. The van der Waals surface area contributed by atoms with Crippen LogP contribution in [0.5, 0.6) is 0 Å². The molecule has 0 aliphatic carbocycles. The summed E-state index contributed by atoms with van der Waals surface area (Å²) in [5, 5.41) is 7.17. The number of rotatable bonds is 4. The molecule has 1 aromatic carbocycles. The Bertz CT molecular complexity index is 833. The minimum atomic E-state index is -0.0804. The Morgan fingerprint density at radius 1 is 1.28 bits per heavy atom. The summed E-state index contributed by atoms with van der Waals surface area (Å²) in [6.07, 6.45) is 4.14. The third-order valence-corrected chi connectivity index (χ3v) is 4.37. The molecule has 2 aromatic rings. The lowest BCUT2D eigenvalue weighted by Gasteiger charge is -2.30. The number of nitrogens with zero attached hydrogens (tertiary/aromatic N) is 2. The third kappa shape index (κ3) is 3.51. The Kier molecular flexibility index (Phi) is 4.39. The maximum Gasteiger partial charge on any atom is 0.231 e. The molecule has 0 spiro atoms. The standard InChI is InChI=1S/C18H21N5O2/c24-18(21-15-3-1-2-14-13(15)4-6-19-14)12-16-20-7-5-17(22-16)23-8-10-25-11-9-23/h1-6,19H,7-12H2,(H,20,22)(H,21,24). The summed E-state index contributed by atoms with van der Waals surface area (Å²) in [7, 11) is 0. The zero-order valence-electron chi connectivity index (χ0n) is 13.9. The molecule has 1 fully saturated rings. The van der Waals surface area contributed by atoms with Crippen LogP contribution in [0.25, 0.3) is 10.9 Å². The van der Waals surface area contributed by atoms with Crippen molar-refractivity contribution in [2.75, 3.05) is 38.2 Å². The molecule has 4 rings (SSSR count). The lowest BCUT2D eigenvalue weighted by molar-refractivity contribution is -0.115. The molecule has 1 saturated heterocycles. The van der Waals surface area contributed by atoms with Crippen molar-refractivity contribution in [3.63, 3.8) is 0 Å². The molecule has 2 aliphatic rings. The molecular weight excluding hydrogens is 318 g/mol. The Balaban J connectivity index is 1.42. The number of morpholine rings is 1. The number of aromatic amines is 1. The number of fused-ring (bicyclic) bond motifs is 1. The van der Waals surface area contributed by atoms with E-state index < -0.39 is 0 Å². The maximum atomic E-state index is 12.4. The van der Waals surface area contributed by atoms with Gasteiger partial charge in [-0.25, -0.2) is 4.99 Å². The van der Waals surface area contributed by atoms with E-state index in [1.807, 2.05) is 36.5 Å². The number of carbonyl (C=O) groups excluding carboxylic acids is 1. The normalized spacial score (nSPS) is 17.7. The van der Waals surface area contributed by atoms with Gasteiger partial charge < -0.3 is 25.3 Å². The number of hydrogen-bond acceptors (Lipinski definition) is 5. The Labute approximate surface area is 145 Å². The van der Waals surface area contributed by atoms with Gasteiger partial charge in [-0.3, -0.25) is 4.79 Å². The summed E-state index contributed by atoms with van der Waals surface area (Å²) in [6.45, 7) is 3.80. The molecule has 3 heterocycles. The highest BCUT2D eigenvalue weighted by Gasteiger charge is 2.18. The number of nitrogens with one attached hydrogen (secondary N) is 3. The number of H-pyrrole nitrogens is 1. The minimum Gasteiger partial charge on any atom is -0.378 e. The SMILES string of the molecule is O=C(CC1=NC(N2CCOCC2)=CCN1)Nc1cccc2[nH]ccc12. The molecule has 3 N–H and O–H groups in total. The lowest BCUT2D eigenvalue weighted by Crippen LogP contribution is -2.39. The van der Waals surface area contributed by atoms with Crippen molar-refractivity contribution in [1.82, 2.24) is 15.2 Å². The van der Waals surface area contributed by atoms with E-state index in [4.69, 9.17) is 4.74 Å². The van der Waals surface area contributed by atoms with Gasteiger partial charge in [0.2, 0.25) is 5.91 Å². The van der Waals surface area contributed by atoms with Gasteiger partial charge in [0.15, 0.2) is 0 Å². The van der Waals surface area contributed by atoms with Crippen molar-refractivity contribution in [2.45, 2.75) is 6.42 Å². The number of hydrogen-bond donors (Lipinski definition) is 3. The van der Waals surface area contributed by atoms with Gasteiger partial charge in [0.05, 0.1) is 25.3 Å². The monoisotopic (exact) mass is 339 g/mol. The van der Waals surface area contributed by atoms with Crippen LogP contribution in [-0.2, 0) is 9.53 Å². The molecular formula is C18H21N5O2. The molecule has 0 saturated carbocycles. The van der Waals surface area contributed by atoms with Crippen LogP contribution in [0.15, 0.2) is 47.4 Å². The number of carbonyl (C=O) groups is 1. The van der Waals surface area contributed by atoms with Crippen molar-refractivity contribution in [1.29, 1.82) is 0 Å². The Hall–Kier alpha value is -2.80. The molecule has 1 amide bonds. The first kappa shape index (κ1) is 15.7. The molecule has 7 nitrogen and oxygen atoms in total. The van der Waals surface area contributed by atoms with E-state index in [-0.39, 0.29) is 12.3 Å². The third-order valence-electron chi connectivity index (χ3n) is 4.37. The van der Waals surface area contributed by atoms with E-state index in [9.17, 15) is 4.79 Å². The average Bonchev–Trinajstić information content (AvgIpc) is 3.12. The molecule has 25 heavy (non-hydrogen) atoms. The van der Waals surface area contributed by atoms with Gasteiger partial charge >= 0.3 is 0 Å². The van der Waals surface area contributed by atoms with E-state index in [1.165, 1.54) is 0 Å². The molecule has 0 atom stereocenters. The number of amidine groups is 1. The van der Waals surface area contributed by atoms with Crippen LogP contribution in [0, 0.1) is 0 Å². The highest BCUT2D eigenvalue weighted by atomic mass is 16.5. The fourth-order valence-electron chi connectivity index (χ4n) is 3.12. The van der Waals surface area contributed by atoms with Gasteiger partial charge in [-0.2, -0.15) is 0 Å². The van der Waals surface area contributed by atoms with Gasteiger partial charge in [0.1, 0.15) is 11.7 Å². The fourth-order valence-corrected chi connectivity index (χ4v) is 3.12. The molecule has 1 aromatic heterocycles. The van der Waals surface area contributed by atoms with Crippen molar-refractivity contribution in [3.8, 4) is 0 Å². The quantitative estimate of drug-likeness (QED) is 0.791. The molecule has 0 unspecified atom stereocenters. The van der Waals surface area contributed by atoms with Crippen LogP contribution in [0.3, 0.4) is 0 Å². The zero-order valence-corrected chi connectivity index (χ0v) is 13.9. The fraction of sp³-hybridized carbons (Fsp3) is 0.333. The number of anilines is 1. The van der Waals surface area contributed by atoms with Crippen molar-refractivity contribution < 1.29 is 9.53 Å². The lowest BCUT2D eigenvalue weighted by atomic mass is 10.2. The molecule has 0 radical (unpaired) electrons. The van der Waals surface area contributed by atoms with Gasteiger partial charge in [0, 0.05) is 36.7 Å².